The van der Waals surface area contributed by atoms with Gasteiger partial charge in [-0.05, 0) is 19.4 Å². The zero-order valence-corrected chi connectivity index (χ0v) is 10.1. The summed E-state index contributed by atoms with van der Waals surface area (Å²) < 4.78 is 26.9. The van der Waals surface area contributed by atoms with Crippen LogP contribution in [0, 0.1) is 0 Å². The van der Waals surface area contributed by atoms with Crippen LogP contribution >= 0.6 is 0 Å². The van der Waals surface area contributed by atoms with E-state index in [2.05, 4.69) is 12.2 Å². The third-order valence-electron chi connectivity index (χ3n) is 1.89. The summed E-state index contributed by atoms with van der Waals surface area (Å²) in [4.78, 5) is 0. The van der Waals surface area contributed by atoms with Crippen LogP contribution in [0.2, 0.25) is 0 Å². The molecule has 0 aromatic heterocycles. The third kappa shape index (κ3) is 8.47. The Balaban J connectivity index is 3.84. The minimum Gasteiger partial charge on any atom is -0.383 e. The second-order valence-electron chi connectivity index (χ2n) is 3.52. The first-order valence-corrected chi connectivity index (χ1v) is 6.95. The molecule has 0 saturated heterocycles. The van der Waals surface area contributed by atoms with Crippen molar-refractivity contribution in [2.45, 2.75) is 25.8 Å². The molecule has 0 rings (SSSR count). The van der Waals surface area contributed by atoms with Gasteiger partial charge in [0.2, 0.25) is 0 Å². The van der Waals surface area contributed by atoms with Crippen LogP contribution in [0.4, 0.5) is 0 Å². The maximum Gasteiger partial charge on any atom is 0.147 e. The molecule has 0 heterocycles. The second-order valence-corrected chi connectivity index (χ2v) is 5.78. The maximum atomic E-state index is 10.9. The highest BCUT2D eigenvalue weighted by molar-refractivity contribution is 7.90. The minimum absolute atomic E-state index is 0.148. The molecule has 0 radical (unpaired) electrons. The predicted molar refractivity (Wildman–Crippen MR) is 58.3 cm³/mol. The molecule has 5 heteroatoms. The molecule has 0 aromatic rings. The summed E-state index contributed by atoms with van der Waals surface area (Å²) in [6, 6.07) is 0.148. The van der Waals surface area contributed by atoms with E-state index in [4.69, 9.17) is 4.74 Å². The van der Waals surface area contributed by atoms with Crippen molar-refractivity contribution in [3.05, 3.63) is 0 Å². The summed E-state index contributed by atoms with van der Waals surface area (Å²) in [7, 11) is -1.23. The summed E-state index contributed by atoms with van der Waals surface area (Å²) in [5, 5.41) is 3.25. The van der Waals surface area contributed by atoms with E-state index in [-0.39, 0.29) is 11.8 Å². The maximum absolute atomic E-state index is 10.9. The van der Waals surface area contributed by atoms with Crippen molar-refractivity contribution in [3.63, 3.8) is 0 Å². The highest BCUT2D eigenvalue weighted by atomic mass is 32.2. The number of sulfone groups is 1. The summed E-state index contributed by atoms with van der Waals surface area (Å²) in [6.07, 6.45) is 2.92. The third-order valence-corrected chi connectivity index (χ3v) is 2.87. The van der Waals surface area contributed by atoms with Crippen LogP contribution in [-0.2, 0) is 14.6 Å². The van der Waals surface area contributed by atoms with E-state index in [1.165, 1.54) is 6.26 Å². The van der Waals surface area contributed by atoms with E-state index in [1.807, 2.05) is 0 Å². The fourth-order valence-corrected chi connectivity index (χ4v) is 1.86. The molecule has 0 amide bonds. The van der Waals surface area contributed by atoms with E-state index in [1.54, 1.807) is 7.11 Å². The Morgan fingerprint density at radius 3 is 2.50 bits per heavy atom. The normalized spacial score (nSPS) is 14.2. The average molecular weight is 223 g/mol. The first kappa shape index (κ1) is 13.9. The van der Waals surface area contributed by atoms with Crippen LogP contribution in [0.1, 0.15) is 19.8 Å². The number of methoxy groups -OCH3 is 1. The number of hydrogen-bond donors (Lipinski definition) is 1. The lowest BCUT2D eigenvalue weighted by Gasteiger charge is -2.16. The number of nitrogens with one attached hydrogen (secondary N) is 1. The average Bonchev–Trinajstić information content (AvgIpc) is 2.08. The quantitative estimate of drug-likeness (QED) is 0.648. The van der Waals surface area contributed by atoms with E-state index in [0.717, 1.165) is 13.0 Å². The summed E-state index contributed by atoms with van der Waals surface area (Å²) >= 11 is 0. The zero-order chi connectivity index (χ0) is 11.0. The molecule has 14 heavy (non-hydrogen) atoms. The lowest BCUT2D eigenvalue weighted by molar-refractivity contribution is 0.165. The Labute approximate surface area is 86.9 Å². The number of ether oxygens (including phenoxy) is 1. The first-order chi connectivity index (χ1) is 6.49. The molecule has 4 nitrogen and oxygen atoms in total. The molecule has 0 aliphatic heterocycles. The lowest BCUT2D eigenvalue weighted by atomic mass is 10.2. The van der Waals surface area contributed by atoms with E-state index in [9.17, 15) is 8.42 Å². The van der Waals surface area contributed by atoms with E-state index in [0.29, 0.717) is 13.0 Å². The highest BCUT2D eigenvalue weighted by Crippen LogP contribution is 1.97. The largest absolute Gasteiger partial charge is 0.383 e. The Bertz CT molecular complexity index is 226. The van der Waals surface area contributed by atoms with Crippen LogP contribution in [-0.4, -0.2) is 46.7 Å². The number of rotatable bonds is 8. The lowest BCUT2D eigenvalue weighted by Crippen LogP contribution is -2.35. The van der Waals surface area contributed by atoms with Gasteiger partial charge < -0.3 is 10.1 Å². The SMILES string of the molecule is CCCNC(CCS(C)(=O)=O)COC. The Morgan fingerprint density at radius 1 is 1.43 bits per heavy atom. The van der Waals surface area contributed by atoms with Crippen LogP contribution in [0.5, 0.6) is 0 Å². The monoisotopic (exact) mass is 223 g/mol. The fourth-order valence-electron chi connectivity index (χ4n) is 1.15. The fraction of sp³-hybridized carbons (Fsp3) is 1.00. The van der Waals surface area contributed by atoms with Gasteiger partial charge in [-0.15, -0.1) is 0 Å². The van der Waals surface area contributed by atoms with Gasteiger partial charge in [0.15, 0.2) is 0 Å². The van der Waals surface area contributed by atoms with Crippen LogP contribution in [0.25, 0.3) is 0 Å². The summed E-state index contributed by atoms with van der Waals surface area (Å²) in [6.45, 7) is 3.54. The molecule has 0 fully saturated rings. The second kappa shape index (κ2) is 7.20. The topological polar surface area (TPSA) is 55.4 Å². The molecule has 1 unspecified atom stereocenters. The molecule has 0 aromatic carbocycles. The molecule has 0 bridgehead atoms. The zero-order valence-electron chi connectivity index (χ0n) is 9.25. The van der Waals surface area contributed by atoms with Crippen molar-refractivity contribution >= 4 is 9.84 Å². The first-order valence-electron chi connectivity index (χ1n) is 4.89. The van der Waals surface area contributed by atoms with Crippen molar-refractivity contribution in [2.75, 3.05) is 32.3 Å². The van der Waals surface area contributed by atoms with Gasteiger partial charge in [-0.3, -0.25) is 0 Å². The smallest absolute Gasteiger partial charge is 0.147 e. The van der Waals surface area contributed by atoms with E-state index < -0.39 is 9.84 Å². The van der Waals surface area contributed by atoms with Gasteiger partial charge in [-0.1, -0.05) is 6.92 Å². The van der Waals surface area contributed by atoms with Gasteiger partial charge in [-0.2, -0.15) is 0 Å². The molecule has 1 N–H and O–H groups in total. The molecular weight excluding hydrogens is 202 g/mol. The molecule has 0 spiro atoms. The van der Waals surface area contributed by atoms with Gasteiger partial charge in [0, 0.05) is 19.4 Å². The van der Waals surface area contributed by atoms with Crippen LogP contribution in [0.15, 0.2) is 0 Å². The molecule has 0 aliphatic carbocycles. The molecule has 86 valence electrons. The standard InChI is InChI=1S/C9H21NO3S/c1-4-6-10-9(8-13-2)5-7-14(3,11)12/h9-10H,4-8H2,1-3H3. The van der Waals surface area contributed by atoms with Gasteiger partial charge in [-0.25, -0.2) is 8.42 Å². The van der Waals surface area contributed by atoms with Gasteiger partial charge in [0.1, 0.15) is 9.84 Å². The Kier molecular flexibility index (Phi) is 7.13. The van der Waals surface area contributed by atoms with Gasteiger partial charge in [0.25, 0.3) is 0 Å². The highest BCUT2D eigenvalue weighted by Gasteiger charge is 2.10. The van der Waals surface area contributed by atoms with Crippen LogP contribution in [0.3, 0.4) is 0 Å². The molecular formula is C9H21NO3S. The van der Waals surface area contributed by atoms with Gasteiger partial charge >= 0.3 is 0 Å². The van der Waals surface area contributed by atoms with Crippen molar-refractivity contribution < 1.29 is 13.2 Å². The number of hydrogen-bond acceptors (Lipinski definition) is 4. The molecule has 1 atom stereocenters. The predicted octanol–water partition coefficient (Wildman–Crippen LogP) is 0.436. The molecule has 0 saturated carbocycles. The van der Waals surface area contributed by atoms with Gasteiger partial charge in [0.05, 0.1) is 12.4 Å². The van der Waals surface area contributed by atoms with Crippen molar-refractivity contribution in [1.29, 1.82) is 0 Å². The van der Waals surface area contributed by atoms with Crippen LogP contribution < -0.4 is 5.32 Å². The Hall–Kier alpha value is -0.130. The summed E-state index contributed by atoms with van der Waals surface area (Å²) in [5.41, 5.74) is 0. The van der Waals surface area contributed by atoms with Crippen molar-refractivity contribution in [3.8, 4) is 0 Å². The van der Waals surface area contributed by atoms with Crippen molar-refractivity contribution in [2.24, 2.45) is 0 Å². The molecule has 0 aliphatic rings. The summed E-state index contributed by atoms with van der Waals surface area (Å²) in [5.74, 6) is 0.220. The minimum atomic E-state index is -2.86. The Morgan fingerprint density at radius 2 is 2.07 bits per heavy atom. The van der Waals surface area contributed by atoms with E-state index >= 15 is 0 Å². The van der Waals surface area contributed by atoms with Crippen molar-refractivity contribution in [1.82, 2.24) is 5.32 Å².